The number of aryl methyl sites for hydroxylation is 1. The molecule has 1 amide bonds. The van der Waals surface area contributed by atoms with Gasteiger partial charge in [-0.25, -0.2) is 0 Å². The van der Waals surface area contributed by atoms with Gasteiger partial charge in [-0.3, -0.25) is 9.59 Å². The first-order chi connectivity index (χ1) is 10.0. The highest BCUT2D eigenvalue weighted by molar-refractivity contribution is 6.33. The van der Waals surface area contributed by atoms with Gasteiger partial charge in [0.2, 0.25) is 0 Å². The van der Waals surface area contributed by atoms with Gasteiger partial charge in [0, 0.05) is 13.0 Å². The smallest absolute Gasteiger partial charge is 0.303 e. The lowest BCUT2D eigenvalue weighted by molar-refractivity contribution is -0.137. The van der Waals surface area contributed by atoms with E-state index in [-0.39, 0.29) is 12.3 Å². The van der Waals surface area contributed by atoms with Crippen molar-refractivity contribution in [3.8, 4) is 0 Å². The van der Waals surface area contributed by atoms with Gasteiger partial charge in [0.05, 0.1) is 10.6 Å². The number of unbranched alkanes of at least 4 members (excludes halogenated alkanes) is 4. The van der Waals surface area contributed by atoms with E-state index in [4.69, 9.17) is 16.7 Å². The third kappa shape index (κ3) is 7.14. The van der Waals surface area contributed by atoms with Crippen LogP contribution in [-0.4, -0.2) is 23.5 Å². The van der Waals surface area contributed by atoms with Crippen molar-refractivity contribution in [2.75, 3.05) is 6.54 Å². The molecule has 1 rings (SSSR count). The zero-order valence-corrected chi connectivity index (χ0v) is 13.1. The Morgan fingerprint density at radius 3 is 2.52 bits per heavy atom. The summed E-state index contributed by atoms with van der Waals surface area (Å²) in [7, 11) is 0. The zero-order valence-electron chi connectivity index (χ0n) is 12.3. The number of amides is 1. The molecule has 0 aliphatic heterocycles. The molecule has 0 saturated heterocycles. The van der Waals surface area contributed by atoms with Gasteiger partial charge in [-0.2, -0.15) is 0 Å². The van der Waals surface area contributed by atoms with Gasteiger partial charge in [-0.15, -0.1) is 0 Å². The largest absolute Gasteiger partial charge is 0.481 e. The Kier molecular flexibility index (Phi) is 7.83. The predicted octanol–water partition coefficient (Wildman–Crippen LogP) is 3.80. The minimum atomic E-state index is -0.739. The molecule has 1 aromatic rings. The summed E-state index contributed by atoms with van der Waals surface area (Å²) in [5.74, 6) is -0.883. The molecule has 21 heavy (non-hydrogen) atoms. The molecular formula is C16H22ClNO3. The van der Waals surface area contributed by atoms with Crippen molar-refractivity contribution in [3.05, 3.63) is 34.3 Å². The first-order valence-corrected chi connectivity index (χ1v) is 7.64. The molecule has 0 saturated carbocycles. The highest BCUT2D eigenvalue weighted by atomic mass is 35.5. The predicted molar refractivity (Wildman–Crippen MR) is 83.9 cm³/mol. The van der Waals surface area contributed by atoms with Gasteiger partial charge in [0.15, 0.2) is 0 Å². The maximum Gasteiger partial charge on any atom is 0.303 e. The van der Waals surface area contributed by atoms with Gasteiger partial charge >= 0.3 is 5.97 Å². The third-order valence-electron chi connectivity index (χ3n) is 3.22. The summed E-state index contributed by atoms with van der Waals surface area (Å²) in [5.41, 5.74) is 1.51. The van der Waals surface area contributed by atoms with Crippen molar-refractivity contribution in [1.29, 1.82) is 0 Å². The molecule has 0 aliphatic carbocycles. The summed E-state index contributed by atoms with van der Waals surface area (Å²) >= 11 is 6.01. The summed E-state index contributed by atoms with van der Waals surface area (Å²) in [6.07, 6.45) is 4.76. The van der Waals surface area contributed by atoms with E-state index in [0.717, 1.165) is 37.7 Å². The lowest BCUT2D eigenvalue weighted by Crippen LogP contribution is -2.24. The van der Waals surface area contributed by atoms with E-state index in [2.05, 4.69) is 5.32 Å². The fourth-order valence-electron chi connectivity index (χ4n) is 2.04. The molecule has 0 unspecified atom stereocenters. The van der Waals surface area contributed by atoms with Crippen molar-refractivity contribution in [2.45, 2.75) is 45.4 Å². The average Bonchev–Trinajstić information content (AvgIpc) is 2.43. The third-order valence-corrected chi connectivity index (χ3v) is 3.55. The maximum atomic E-state index is 12.0. The molecule has 0 heterocycles. The zero-order chi connectivity index (χ0) is 15.7. The number of carboxylic acids is 1. The fraction of sp³-hybridized carbons (Fsp3) is 0.500. The maximum absolute atomic E-state index is 12.0. The monoisotopic (exact) mass is 311 g/mol. The van der Waals surface area contributed by atoms with Crippen LogP contribution < -0.4 is 5.32 Å². The first-order valence-electron chi connectivity index (χ1n) is 7.27. The first kappa shape index (κ1) is 17.5. The van der Waals surface area contributed by atoms with E-state index in [1.807, 2.05) is 13.0 Å². The van der Waals surface area contributed by atoms with E-state index >= 15 is 0 Å². The number of benzene rings is 1. The minimum Gasteiger partial charge on any atom is -0.481 e. The second kappa shape index (κ2) is 9.40. The fourth-order valence-corrected chi connectivity index (χ4v) is 2.25. The molecule has 116 valence electrons. The van der Waals surface area contributed by atoms with Crippen LogP contribution >= 0.6 is 11.6 Å². The molecule has 0 aromatic heterocycles. The van der Waals surface area contributed by atoms with Gasteiger partial charge in [-0.1, -0.05) is 42.5 Å². The van der Waals surface area contributed by atoms with E-state index in [9.17, 15) is 9.59 Å². The molecule has 0 atom stereocenters. The number of rotatable bonds is 9. The number of hydrogen-bond donors (Lipinski definition) is 2. The van der Waals surface area contributed by atoms with Gasteiger partial charge in [0.25, 0.3) is 5.91 Å². The van der Waals surface area contributed by atoms with E-state index in [1.165, 1.54) is 0 Å². The number of carboxylic acid groups (broad SMARTS) is 1. The molecular weight excluding hydrogens is 290 g/mol. The van der Waals surface area contributed by atoms with Gasteiger partial charge in [0.1, 0.15) is 0 Å². The van der Waals surface area contributed by atoms with Crippen LogP contribution in [0.4, 0.5) is 0 Å². The van der Waals surface area contributed by atoms with Crippen molar-refractivity contribution >= 4 is 23.5 Å². The highest BCUT2D eigenvalue weighted by Gasteiger charge is 2.09. The molecule has 0 radical (unpaired) electrons. The van der Waals surface area contributed by atoms with E-state index in [0.29, 0.717) is 17.1 Å². The van der Waals surface area contributed by atoms with Crippen LogP contribution in [0.15, 0.2) is 18.2 Å². The minimum absolute atomic E-state index is 0.144. The summed E-state index contributed by atoms with van der Waals surface area (Å²) in [6, 6.07) is 5.38. The Morgan fingerprint density at radius 1 is 1.14 bits per heavy atom. The summed E-state index contributed by atoms with van der Waals surface area (Å²) in [6.45, 7) is 2.53. The van der Waals surface area contributed by atoms with Crippen LogP contribution in [0.3, 0.4) is 0 Å². The van der Waals surface area contributed by atoms with Crippen LogP contribution in [-0.2, 0) is 4.79 Å². The number of hydrogen-bond acceptors (Lipinski definition) is 2. The lowest BCUT2D eigenvalue weighted by atomic mass is 10.1. The Hall–Kier alpha value is -1.55. The molecule has 5 heteroatoms. The Bertz CT molecular complexity index is 488. The average molecular weight is 312 g/mol. The second-order valence-electron chi connectivity index (χ2n) is 5.15. The summed E-state index contributed by atoms with van der Waals surface area (Å²) in [4.78, 5) is 22.3. The lowest BCUT2D eigenvalue weighted by Gasteiger charge is -2.07. The van der Waals surface area contributed by atoms with Gasteiger partial charge < -0.3 is 10.4 Å². The topological polar surface area (TPSA) is 66.4 Å². The van der Waals surface area contributed by atoms with Crippen molar-refractivity contribution in [2.24, 2.45) is 0 Å². The molecule has 2 N–H and O–H groups in total. The molecule has 1 aromatic carbocycles. The quantitative estimate of drug-likeness (QED) is 0.682. The van der Waals surface area contributed by atoms with Crippen LogP contribution in [0, 0.1) is 6.92 Å². The van der Waals surface area contributed by atoms with E-state index in [1.54, 1.807) is 12.1 Å². The Balaban J connectivity index is 2.16. The molecule has 0 fully saturated rings. The van der Waals surface area contributed by atoms with Crippen LogP contribution in [0.25, 0.3) is 0 Å². The SMILES string of the molecule is Cc1ccc(Cl)c(C(=O)NCCCCCCCC(=O)O)c1. The highest BCUT2D eigenvalue weighted by Crippen LogP contribution is 2.17. The number of carbonyl (C=O) groups is 2. The number of nitrogens with one attached hydrogen (secondary N) is 1. The molecule has 0 spiro atoms. The number of halogens is 1. The van der Waals surface area contributed by atoms with Crippen molar-refractivity contribution in [3.63, 3.8) is 0 Å². The number of carbonyl (C=O) groups excluding carboxylic acids is 1. The summed E-state index contributed by atoms with van der Waals surface area (Å²) in [5, 5.41) is 11.8. The summed E-state index contributed by atoms with van der Waals surface area (Å²) < 4.78 is 0. The van der Waals surface area contributed by atoms with Crippen molar-refractivity contribution < 1.29 is 14.7 Å². The second-order valence-corrected chi connectivity index (χ2v) is 5.56. The molecule has 4 nitrogen and oxygen atoms in total. The standard InChI is InChI=1S/C16H22ClNO3/c1-12-8-9-14(17)13(11-12)16(21)18-10-6-4-2-3-5-7-15(19)20/h8-9,11H,2-7,10H2,1H3,(H,18,21)(H,19,20). The molecule has 0 bridgehead atoms. The van der Waals surface area contributed by atoms with Crippen molar-refractivity contribution in [1.82, 2.24) is 5.32 Å². The Morgan fingerprint density at radius 2 is 1.81 bits per heavy atom. The Labute approximate surface area is 130 Å². The number of aliphatic carboxylic acids is 1. The van der Waals surface area contributed by atoms with Crippen LogP contribution in [0.5, 0.6) is 0 Å². The van der Waals surface area contributed by atoms with Gasteiger partial charge in [-0.05, 0) is 31.9 Å². The van der Waals surface area contributed by atoms with Crippen LogP contribution in [0.1, 0.15) is 54.4 Å². The van der Waals surface area contributed by atoms with Crippen LogP contribution in [0.2, 0.25) is 5.02 Å². The normalized spacial score (nSPS) is 10.4. The molecule has 0 aliphatic rings. The van der Waals surface area contributed by atoms with E-state index < -0.39 is 5.97 Å².